The number of fused-ring (bicyclic) bond motifs is 1. The number of benzene rings is 1. The van der Waals surface area contributed by atoms with E-state index in [-0.39, 0.29) is 47.2 Å². The fraction of sp³-hybridized carbons (Fsp3) is 0.500. The van der Waals surface area contributed by atoms with Crippen LogP contribution in [0.3, 0.4) is 0 Å². The van der Waals surface area contributed by atoms with E-state index in [1.807, 2.05) is 30.3 Å². The van der Waals surface area contributed by atoms with Gasteiger partial charge in [-0.15, -0.1) is 0 Å². The van der Waals surface area contributed by atoms with Crippen LogP contribution in [0.1, 0.15) is 54.9 Å². The lowest BCUT2D eigenvalue weighted by Crippen LogP contribution is -2.44. The number of hydrogen-bond acceptors (Lipinski definition) is 6. The smallest absolute Gasteiger partial charge is 0.229 e. The van der Waals surface area contributed by atoms with Crippen molar-refractivity contribution in [3.63, 3.8) is 0 Å². The highest BCUT2D eigenvalue weighted by Gasteiger charge is 2.39. The van der Waals surface area contributed by atoms with E-state index in [0.29, 0.717) is 48.9 Å². The second-order valence-electron chi connectivity index (χ2n) is 10.6. The molecule has 2 aromatic rings. The third-order valence-electron chi connectivity index (χ3n) is 7.19. The first-order valence-corrected chi connectivity index (χ1v) is 13.0. The first kappa shape index (κ1) is 23.7. The molecule has 0 saturated carbocycles. The maximum absolute atomic E-state index is 13.1. The van der Waals surface area contributed by atoms with Gasteiger partial charge in [0.2, 0.25) is 17.7 Å². The van der Waals surface area contributed by atoms with Gasteiger partial charge in [-0.05, 0) is 36.8 Å². The molecule has 0 radical (unpaired) electrons. The Bertz CT molecular complexity index is 1170. The summed E-state index contributed by atoms with van der Waals surface area (Å²) in [4.78, 5) is 59.6. The highest BCUT2D eigenvalue weighted by molar-refractivity contribution is 7.17. The average molecular weight is 495 g/mol. The zero-order valence-electron chi connectivity index (χ0n) is 20.1. The van der Waals surface area contributed by atoms with Gasteiger partial charge >= 0.3 is 0 Å². The molecule has 1 atom stereocenters. The molecule has 3 amide bonds. The second-order valence-corrected chi connectivity index (χ2v) is 11.6. The van der Waals surface area contributed by atoms with Crippen LogP contribution in [-0.2, 0) is 20.8 Å². The molecule has 2 aliphatic heterocycles. The fourth-order valence-corrected chi connectivity index (χ4v) is 6.25. The number of Topliss-reactive ketones (excluding diaryl/α,β-unsaturated/α-hetero) is 1. The number of hydrogen-bond donors (Lipinski definition) is 1. The van der Waals surface area contributed by atoms with E-state index < -0.39 is 0 Å². The normalized spacial score (nSPS) is 22.3. The predicted molar refractivity (Wildman–Crippen MR) is 133 cm³/mol. The number of rotatable bonds is 4. The van der Waals surface area contributed by atoms with Crippen LogP contribution in [0.4, 0.5) is 10.8 Å². The molecule has 1 aromatic heterocycles. The predicted octanol–water partition coefficient (Wildman–Crippen LogP) is 3.53. The van der Waals surface area contributed by atoms with Gasteiger partial charge in [-0.1, -0.05) is 43.4 Å². The molecule has 1 unspecified atom stereocenters. The van der Waals surface area contributed by atoms with Crippen LogP contribution in [0.2, 0.25) is 0 Å². The molecular formula is C26H30N4O4S. The number of likely N-dealkylation sites (tertiary alicyclic amines) is 1. The average Bonchev–Trinajstić information content (AvgIpc) is 3.41. The Balaban J connectivity index is 1.15. The number of carbonyl (C=O) groups excluding carboxylic acids is 4. The van der Waals surface area contributed by atoms with Gasteiger partial charge in [-0.25, -0.2) is 4.98 Å². The monoisotopic (exact) mass is 494 g/mol. The Morgan fingerprint density at radius 2 is 1.77 bits per heavy atom. The number of aromatic nitrogens is 1. The minimum absolute atomic E-state index is 0.00985. The van der Waals surface area contributed by atoms with E-state index in [4.69, 9.17) is 0 Å². The number of ketones is 1. The van der Waals surface area contributed by atoms with Crippen molar-refractivity contribution in [2.24, 2.45) is 17.3 Å². The molecule has 0 bridgehead atoms. The summed E-state index contributed by atoms with van der Waals surface area (Å²) in [5.74, 6) is -0.616. The lowest BCUT2D eigenvalue weighted by atomic mass is 9.78. The summed E-state index contributed by atoms with van der Waals surface area (Å²) in [6.07, 6.45) is 2.58. The van der Waals surface area contributed by atoms with Crippen molar-refractivity contribution < 1.29 is 19.2 Å². The third-order valence-corrected chi connectivity index (χ3v) is 8.24. The summed E-state index contributed by atoms with van der Waals surface area (Å²) in [5, 5.41) is 3.39. The van der Waals surface area contributed by atoms with Crippen LogP contribution >= 0.6 is 11.3 Å². The van der Waals surface area contributed by atoms with Gasteiger partial charge in [0.1, 0.15) is 0 Å². The molecule has 8 nitrogen and oxygen atoms in total. The molecule has 2 fully saturated rings. The van der Waals surface area contributed by atoms with Gasteiger partial charge in [0.15, 0.2) is 10.9 Å². The van der Waals surface area contributed by atoms with E-state index in [9.17, 15) is 19.2 Å². The number of nitrogens with one attached hydrogen (secondary N) is 1. The van der Waals surface area contributed by atoms with Crippen LogP contribution in [0, 0.1) is 17.3 Å². The van der Waals surface area contributed by atoms with E-state index >= 15 is 0 Å². The van der Waals surface area contributed by atoms with Crippen molar-refractivity contribution in [1.29, 1.82) is 0 Å². The quantitative estimate of drug-likeness (QED) is 0.701. The summed E-state index contributed by atoms with van der Waals surface area (Å²) < 4.78 is 0. The maximum Gasteiger partial charge on any atom is 0.229 e. The van der Waals surface area contributed by atoms with Gasteiger partial charge < -0.3 is 15.1 Å². The summed E-state index contributed by atoms with van der Waals surface area (Å²) in [5.41, 5.74) is 1.49. The third kappa shape index (κ3) is 4.87. The zero-order valence-corrected chi connectivity index (χ0v) is 20.9. The van der Waals surface area contributed by atoms with Crippen molar-refractivity contribution in [2.75, 3.05) is 29.9 Å². The largest absolute Gasteiger partial charge is 0.342 e. The first-order valence-electron chi connectivity index (χ1n) is 12.2. The second kappa shape index (κ2) is 9.18. The highest BCUT2D eigenvalue weighted by Crippen LogP contribution is 2.38. The van der Waals surface area contributed by atoms with Crippen LogP contribution in [0.15, 0.2) is 30.3 Å². The van der Waals surface area contributed by atoms with E-state index in [2.05, 4.69) is 24.1 Å². The number of amides is 3. The molecule has 1 N–H and O–H groups in total. The molecule has 184 valence electrons. The van der Waals surface area contributed by atoms with Crippen LogP contribution in [-0.4, -0.2) is 53.0 Å². The van der Waals surface area contributed by atoms with Crippen molar-refractivity contribution in [3.05, 3.63) is 40.9 Å². The molecule has 1 aliphatic carbocycles. The number of piperidine rings is 1. The van der Waals surface area contributed by atoms with Crippen LogP contribution in [0.25, 0.3) is 0 Å². The molecule has 5 rings (SSSR count). The van der Waals surface area contributed by atoms with Gasteiger partial charge in [0, 0.05) is 44.1 Å². The Hall–Kier alpha value is -3.07. The Morgan fingerprint density at radius 3 is 2.49 bits per heavy atom. The summed E-state index contributed by atoms with van der Waals surface area (Å²) >= 11 is 1.26. The van der Waals surface area contributed by atoms with E-state index in [0.717, 1.165) is 17.8 Å². The van der Waals surface area contributed by atoms with Gasteiger partial charge in [0.25, 0.3) is 0 Å². The van der Waals surface area contributed by atoms with Crippen molar-refractivity contribution in [1.82, 2.24) is 9.88 Å². The van der Waals surface area contributed by atoms with Gasteiger partial charge in [-0.3, -0.25) is 19.2 Å². The summed E-state index contributed by atoms with van der Waals surface area (Å²) in [7, 11) is 0. The molecule has 0 spiro atoms. The maximum atomic E-state index is 13.1. The number of nitrogens with zero attached hydrogens (tertiary/aromatic N) is 3. The molecule has 35 heavy (non-hydrogen) atoms. The van der Waals surface area contributed by atoms with Crippen LogP contribution < -0.4 is 10.2 Å². The molecular weight excluding hydrogens is 464 g/mol. The Kier molecular flexibility index (Phi) is 6.21. The highest BCUT2D eigenvalue weighted by atomic mass is 32.1. The Labute approximate surface area is 208 Å². The number of thiazole rings is 1. The standard InChI is InChI=1S/C26H30N4O4S/c1-26(2)13-19-22(20(31)14-26)35-25(27-19)28-23(33)16-8-10-29(11-9-16)24(34)17-12-21(32)30(15-17)18-6-4-3-5-7-18/h3-7,16-17H,8-15H2,1-2H3,(H,27,28,33). The van der Waals surface area contributed by atoms with Crippen LogP contribution in [0.5, 0.6) is 0 Å². The SMILES string of the molecule is CC1(C)CC(=O)c2sc(NC(=O)C3CCN(C(=O)C4CC(=O)N(c5ccccc5)C4)CC3)nc2C1. The van der Waals surface area contributed by atoms with Gasteiger partial charge in [-0.2, -0.15) is 0 Å². The first-order chi connectivity index (χ1) is 16.7. The van der Waals surface area contributed by atoms with E-state index in [1.165, 1.54) is 11.3 Å². The molecule has 9 heteroatoms. The van der Waals surface area contributed by atoms with Crippen molar-refractivity contribution in [2.45, 2.75) is 46.0 Å². The molecule has 3 aliphatic rings. The minimum Gasteiger partial charge on any atom is -0.342 e. The minimum atomic E-state index is -0.350. The number of carbonyl (C=O) groups is 4. The Morgan fingerprint density at radius 1 is 1.06 bits per heavy atom. The van der Waals surface area contributed by atoms with Gasteiger partial charge in [0.05, 0.1) is 16.5 Å². The van der Waals surface area contributed by atoms with Crippen molar-refractivity contribution in [3.8, 4) is 0 Å². The number of anilines is 2. The van der Waals surface area contributed by atoms with Crippen molar-refractivity contribution >= 4 is 45.7 Å². The summed E-state index contributed by atoms with van der Waals surface area (Å²) in [6.45, 7) is 5.50. The molecule has 2 saturated heterocycles. The lowest BCUT2D eigenvalue weighted by Gasteiger charge is -2.32. The number of para-hydroxylation sites is 1. The molecule has 1 aromatic carbocycles. The topological polar surface area (TPSA) is 99.7 Å². The fourth-order valence-electron chi connectivity index (χ4n) is 5.33. The molecule has 3 heterocycles. The van der Waals surface area contributed by atoms with E-state index in [1.54, 1.807) is 9.80 Å². The lowest BCUT2D eigenvalue weighted by molar-refractivity contribution is -0.138. The zero-order chi connectivity index (χ0) is 24.7. The summed E-state index contributed by atoms with van der Waals surface area (Å²) in [6, 6.07) is 9.42.